The summed E-state index contributed by atoms with van der Waals surface area (Å²) in [5.74, 6) is -0.340. The van der Waals surface area contributed by atoms with Crippen molar-refractivity contribution in [1.29, 1.82) is 0 Å². The number of carbonyl (C=O) groups excluding carboxylic acids is 1. The number of rotatable bonds is 8. The molecule has 1 aromatic carbocycles. The van der Waals surface area contributed by atoms with Gasteiger partial charge in [-0.1, -0.05) is 12.1 Å². The number of amides is 1. The Bertz CT molecular complexity index is 1150. The number of hydrogen-bond donors (Lipinski definition) is 2. The SMILES string of the molecule is O=C(Nc1ncc(CN2CCNCC2)s1)C(=NN1CCCC1)c1ccc(S(=O)(=O)C2CC2)cc1. The highest BCUT2D eigenvalue weighted by Crippen LogP contribution is 2.33. The summed E-state index contributed by atoms with van der Waals surface area (Å²) in [6.07, 6.45) is 5.34. The molecule has 0 spiro atoms. The lowest BCUT2D eigenvalue weighted by atomic mass is 10.1. The van der Waals surface area contributed by atoms with Crippen LogP contribution >= 0.6 is 11.3 Å². The van der Waals surface area contributed by atoms with Crippen molar-refractivity contribution in [2.75, 3.05) is 44.6 Å². The van der Waals surface area contributed by atoms with Gasteiger partial charge in [0.15, 0.2) is 20.7 Å². The van der Waals surface area contributed by atoms with E-state index >= 15 is 0 Å². The third-order valence-electron chi connectivity index (χ3n) is 6.32. The highest BCUT2D eigenvalue weighted by molar-refractivity contribution is 7.92. The van der Waals surface area contributed by atoms with Gasteiger partial charge in [0.25, 0.3) is 5.91 Å². The minimum absolute atomic E-state index is 0.264. The van der Waals surface area contributed by atoms with E-state index in [1.165, 1.54) is 11.3 Å². The average molecular weight is 503 g/mol. The second kappa shape index (κ2) is 10.1. The van der Waals surface area contributed by atoms with E-state index in [0.717, 1.165) is 76.4 Å². The molecule has 3 fully saturated rings. The van der Waals surface area contributed by atoms with Crippen LogP contribution in [0.2, 0.25) is 0 Å². The van der Waals surface area contributed by atoms with Crippen molar-refractivity contribution in [1.82, 2.24) is 20.2 Å². The minimum atomic E-state index is -3.28. The smallest absolute Gasteiger partial charge is 0.278 e. The zero-order chi connectivity index (χ0) is 23.5. The third kappa shape index (κ3) is 5.48. The molecule has 0 bridgehead atoms. The fraction of sp³-hybridized carbons (Fsp3) is 0.522. The molecule has 182 valence electrons. The molecule has 9 nitrogen and oxygen atoms in total. The van der Waals surface area contributed by atoms with E-state index in [9.17, 15) is 13.2 Å². The van der Waals surface area contributed by atoms with Gasteiger partial charge in [0.1, 0.15) is 0 Å². The molecule has 3 heterocycles. The van der Waals surface area contributed by atoms with Crippen LogP contribution in [0.1, 0.15) is 36.1 Å². The van der Waals surface area contributed by atoms with Crippen LogP contribution < -0.4 is 10.6 Å². The van der Waals surface area contributed by atoms with E-state index < -0.39 is 9.84 Å². The zero-order valence-electron chi connectivity index (χ0n) is 19.1. The first-order valence-corrected chi connectivity index (χ1v) is 14.2. The molecule has 2 saturated heterocycles. The van der Waals surface area contributed by atoms with Gasteiger partial charge < -0.3 is 5.32 Å². The maximum absolute atomic E-state index is 13.3. The van der Waals surface area contributed by atoms with Gasteiger partial charge in [0, 0.05) is 62.5 Å². The normalized spacial score (nSPS) is 20.0. The van der Waals surface area contributed by atoms with Gasteiger partial charge in [0.2, 0.25) is 0 Å². The Balaban J connectivity index is 1.32. The van der Waals surface area contributed by atoms with Crippen LogP contribution in [0.3, 0.4) is 0 Å². The Hall–Kier alpha value is -2.34. The second-order valence-electron chi connectivity index (χ2n) is 8.99. The zero-order valence-corrected chi connectivity index (χ0v) is 20.7. The van der Waals surface area contributed by atoms with E-state index in [4.69, 9.17) is 0 Å². The minimum Gasteiger partial charge on any atom is -0.314 e. The van der Waals surface area contributed by atoms with Crippen LogP contribution in [-0.4, -0.2) is 79.4 Å². The molecule has 1 aliphatic carbocycles. The molecule has 0 atom stereocenters. The summed E-state index contributed by atoms with van der Waals surface area (Å²) in [5, 5.41) is 13.1. The fourth-order valence-corrected chi connectivity index (χ4v) is 6.74. The molecular weight excluding hydrogens is 472 g/mol. The van der Waals surface area contributed by atoms with Crippen LogP contribution in [0.5, 0.6) is 0 Å². The number of aromatic nitrogens is 1. The monoisotopic (exact) mass is 502 g/mol. The van der Waals surface area contributed by atoms with Crippen molar-refractivity contribution in [2.24, 2.45) is 5.10 Å². The highest BCUT2D eigenvalue weighted by Gasteiger charge is 2.36. The first-order valence-electron chi connectivity index (χ1n) is 11.9. The molecule has 0 radical (unpaired) electrons. The topological polar surface area (TPSA) is 107 Å². The Kier molecular flexibility index (Phi) is 6.96. The van der Waals surface area contributed by atoms with E-state index in [1.54, 1.807) is 24.3 Å². The lowest BCUT2D eigenvalue weighted by molar-refractivity contribution is -0.110. The van der Waals surface area contributed by atoms with Crippen molar-refractivity contribution in [3.8, 4) is 0 Å². The van der Waals surface area contributed by atoms with Gasteiger partial charge in [-0.2, -0.15) is 5.10 Å². The van der Waals surface area contributed by atoms with E-state index in [1.807, 2.05) is 11.2 Å². The van der Waals surface area contributed by atoms with Crippen LogP contribution in [-0.2, 0) is 21.2 Å². The number of nitrogens with zero attached hydrogens (tertiary/aromatic N) is 4. The quantitative estimate of drug-likeness (QED) is 0.531. The number of benzene rings is 1. The third-order valence-corrected chi connectivity index (χ3v) is 9.50. The van der Waals surface area contributed by atoms with E-state index in [-0.39, 0.29) is 16.9 Å². The molecular formula is C23H30N6O3S2. The van der Waals surface area contributed by atoms with Gasteiger partial charge in [-0.15, -0.1) is 11.3 Å². The summed E-state index contributed by atoms with van der Waals surface area (Å²) in [6.45, 7) is 6.39. The number of carbonyl (C=O) groups is 1. The Morgan fingerprint density at radius 3 is 2.50 bits per heavy atom. The van der Waals surface area contributed by atoms with Crippen molar-refractivity contribution in [2.45, 2.75) is 42.4 Å². The van der Waals surface area contributed by atoms with Crippen LogP contribution in [0.25, 0.3) is 0 Å². The molecule has 3 aliphatic rings. The number of sulfone groups is 1. The van der Waals surface area contributed by atoms with Crippen molar-refractivity contribution < 1.29 is 13.2 Å². The lowest BCUT2D eigenvalue weighted by Gasteiger charge is -2.26. The Labute approximate surface area is 204 Å². The van der Waals surface area contributed by atoms with Gasteiger partial charge in [0.05, 0.1) is 10.1 Å². The molecule has 1 amide bonds. The Morgan fingerprint density at radius 2 is 1.82 bits per heavy atom. The molecule has 2 aliphatic heterocycles. The highest BCUT2D eigenvalue weighted by atomic mass is 32.2. The predicted molar refractivity (Wildman–Crippen MR) is 133 cm³/mol. The average Bonchev–Trinajstić information content (AvgIpc) is 3.43. The summed E-state index contributed by atoms with van der Waals surface area (Å²) in [6, 6.07) is 6.54. The first-order chi connectivity index (χ1) is 16.5. The molecule has 2 aromatic rings. The predicted octanol–water partition coefficient (Wildman–Crippen LogP) is 1.92. The number of hydrazone groups is 1. The second-order valence-corrected chi connectivity index (χ2v) is 12.3. The van der Waals surface area contributed by atoms with Crippen molar-refractivity contribution in [3.63, 3.8) is 0 Å². The molecule has 1 saturated carbocycles. The summed E-state index contributed by atoms with van der Waals surface area (Å²) < 4.78 is 25.1. The van der Waals surface area contributed by atoms with Crippen molar-refractivity contribution in [3.05, 3.63) is 40.9 Å². The fourth-order valence-electron chi connectivity index (χ4n) is 4.23. The number of thiazole rings is 1. The molecule has 2 N–H and O–H groups in total. The molecule has 11 heteroatoms. The molecule has 0 unspecified atom stereocenters. The van der Waals surface area contributed by atoms with Gasteiger partial charge in [-0.3, -0.25) is 20.0 Å². The van der Waals surface area contributed by atoms with Gasteiger partial charge in [-0.05, 0) is 37.8 Å². The van der Waals surface area contributed by atoms with Crippen LogP contribution in [0.4, 0.5) is 5.13 Å². The lowest BCUT2D eigenvalue weighted by Crippen LogP contribution is -2.42. The Morgan fingerprint density at radius 1 is 1.12 bits per heavy atom. The number of piperazine rings is 1. The molecule has 5 rings (SSSR count). The summed E-state index contributed by atoms with van der Waals surface area (Å²) >= 11 is 1.47. The first kappa shape index (κ1) is 23.4. The van der Waals surface area contributed by atoms with Gasteiger partial charge >= 0.3 is 0 Å². The summed E-state index contributed by atoms with van der Waals surface area (Å²) in [7, 11) is -3.28. The largest absolute Gasteiger partial charge is 0.314 e. The maximum atomic E-state index is 13.3. The molecule has 34 heavy (non-hydrogen) atoms. The van der Waals surface area contributed by atoms with E-state index in [0.29, 0.717) is 15.6 Å². The van der Waals surface area contributed by atoms with Gasteiger partial charge in [-0.25, -0.2) is 13.4 Å². The summed E-state index contributed by atoms with van der Waals surface area (Å²) in [5.41, 5.74) is 0.868. The maximum Gasteiger partial charge on any atom is 0.278 e. The summed E-state index contributed by atoms with van der Waals surface area (Å²) in [4.78, 5) is 21.4. The number of anilines is 1. The number of nitrogens with one attached hydrogen (secondary N) is 2. The standard InChI is InChI=1S/C23H30N6O3S2/c30-22(26-23-25-15-18(33-23)16-28-13-9-24-10-14-28)21(27-29-11-1-2-12-29)17-3-5-19(6-4-17)34(31,32)20-7-8-20/h3-6,15,20,24H,1-2,7-14,16H2,(H,25,26,30). The van der Waals surface area contributed by atoms with E-state index in [2.05, 4.69) is 25.6 Å². The molecule has 1 aromatic heterocycles. The van der Waals surface area contributed by atoms with Crippen LogP contribution in [0, 0.1) is 0 Å². The van der Waals surface area contributed by atoms with Crippen molar-refractivity contribution >= 4 is 37.9 Å². The van der Waals surface area contributed by atoms with Crippen LogP contribution in [0.15, 0.2) is 40.5 Å². The number of hydrogen-bond acceptors (Lipinski definition) is 9.